The standard InChI is InChI=1S/C30H39N5O7/c1-35-26(36)17-24(27(35)22-3-2-10-31-18-22)29(38)33-12-14-42-16-15-41-13-11-32-28(37)23-8-9-25(34-19-23)20-4-6-21(7-5-20)30(39)40/h2-3,8-10,18-21,24,27H,4-7,11-17H2,1H3,(H,32,37)(H,33,38)(H,39,40)/t20?,21?,24-,27?/m0/s1. The molecule has 4 rings (SSSR count). The predicted molar refractivity (Wildman–Crippen MR) is 151 cm³/mol. The molecule has 226 valence electrons. The molecule has 1 unspecified atom stereocenters. The highest BCUT2D eigenvalue weighted by Crippen LogP contribution is 2.37. The van der Waals surface area contributed by atoms with Crippen LogP contribution in [0.2, 0.25) is 0 Å². The number of hydrogen-bond acceptors (Lipinski definition) is 8. The number of nitrogens with one attached hydrogen (secondary N) is 2. The van der Waals surface area contributed by atoms with Gasteiger partial charge in [0.05, 0.1) is 49.9 Å². The Morgan fingerprint density at radius 1 is 0.976 bits per heavy atom. The van der Waals surface area contributed by atoms with Crippen molar-refractivity contribution in [2.45, 2.75) is 44.1 Å². The summed E-state index contributed by atoms with van der Waals surface area (Å²) in [6.45, 7) is 1.97. The summed E-state index contributed by atoms with van der Waals surface area (Å²) in [7, 11) is 1.70. The first-order chi connectivity index (χ1) is 20.3. The topological polar surface area (TPSA) is 160 Å². The van der Waals surface area contributed by atoms with E-state index in [4.69, 9.17) is 14.6 Å². The molecule has 1 aliphatic heterocycles. The molecule has 42 heavy (non-hydrogen) atoms. The van der Waals surface area contributed by atoms with Crippen molar-refractivity contribution in [1.29, 1.82) is 0 Å². The largest absolute Gasteiger partial charge is 0.481 e. The van der Waals surface area contributed by atoms with Gasteiger partial charge in [-0.25, -0.2) is 0 Å². The van der Waals surface area contributed by atoms with Gasteiger partial charge in [0.15, 0.2) is 0 Å². The van der Waals surface area contributed by atoms with Crippen molar-refractivity contribution >= 4 is 23.7 Å². The van der Waals surface area contributed by atoms with Crippen molar-refractivity contribution in [3.63, 3.8) is 0 Å². The van der Waals surface area contributed by atoms with Gasteiger partial charge >= 0.3 is 5.97 Å². The van der Waals surface area contributed by atoms with Gasteiger partial charge < -0.3 is 30.1 Å². The summed E-state index contributed by atoms with van der Waals surface area (Å²) in [6.07, 6.45) is 7.95. The second kappa shape index (κ2) is 15.4. The van der Waals surface area contributed by atoms with Crippen molar-refractivity contribution in [2.75, 3.05) is 46.6 Å². The highest BCUT2D eigenvalue weighted by Gasteiger charge is 2.42. The summed E-state index contributed by atoms with van der Waals surface area (Å²) in [4.78, 5) is 58.7. The van der Waals surface area contributed by atoms with Gasteiger partial charge in [-0.2, -0.15) is 0 Å². The molecule has 2 aromatic rings. The zero-order valence-corrected chi connectivity index (χ0v) is 23.9. The minimum Gasteiger partial charge on any atom is -0.481 e. The van der Waals surface area contributed by atoms with Gasteiger partial charge in [-0.3, -0.25) is 29.1 Å². The number of pyridine rings is 2. The Morgan fingerprint density at radius 3 is 2.31 bits per heavy atom. The van der Waals surface area contributed by atoms with Crippen LogP contribution in [0.5, 0.6) is 0 Å². The number of carboxylic acid groups (broad SMARTS) is 1. The van der Waals surface area contributed by atoms with Gasteiger partial charge in [0, 0.05) is 56.8 Å². The zero-order valence-electron chi connectivity index (χ0n) is 23.9. The molecular weight excluding hydrogens is 542 g/mol. The van der Waals surface area contributed by atoms with Gasteiger partial charge in [0.25, 0.3) is 5.91 Å². The van der Waals surface area contributed by atoms with Gasteiger partial charge in [0.2, 0.25) is 11.8 Å². The molecule has 0 radical (unpaired) electrons. The van der Waals surface area contributed by atoms with Crippen LogP contribution in [0, 0.1) is 11.8 Å². The number of amides is 3. The molecule has 0 spiro atoms. The number of likely N-dealkylation sites (tertiary alicyclic amines) is 1. The first kappa shape index (κ1) is 31.0. The second-order valence-electron chi connectivity index (χ2n) is 10.7. The summed E-state index contributed by atoms with van der Waals surface area (Å²) in [5, 5.41) is 14.8. The van der Waals surface area contributed by atoms with E-state index in [1.165, 1.54) is 0 Å². The van der Waals surface area contributed by atoms with E-state index in [0.29, 0.717) is 57.9 Å². The second-order valence-corrected chi connectivity index (χ2v) is 10.7. The molecule has 2 aromatic heterocycles. The fourth-order valence-electron chi connectivity index (χ4n) is 5.57. The summed E-state index contributed by atoms with van der Waals surface area (Å²) in [5.41, 5.74) is 2.19. The van der Waals surface area contributed by atoms with Crippen LogP contribution in [0.1, 0.15) is 65.7 Å². The van der Waals surface area contributed by atoms with Gasteiger partial charge in [0.1, 0.15) is 0 Å². The van der Waals surface area contributed by atoms with Crippen LogP contribution in [0.25, 0.3) is 0 Å². The van der Waals surface area contributed by atoms with Crippen LogP contribution in [-0.2, 0) is 23.9 Å². The molecule has 1 aliphatic carbocycles. The summed E-state index contributed by atoms with van der Waals surface area (Å²) in [5.74, 6) is -1.74. The van der Waals surface area contributed by atoms with Gasteiger partial charge in [-0.15, -0.1) is 0 Å². The Hall–Kier alpha value is -3.90. The first-order valence-corrected chi connectivity index (χ1v) is 14.4. The molecule has 2 atom stereocenters. The lowest BCUT2D eigenvalue weighted by Gasteiger charge is -2.25. The molecule has 0 bridgehead atoms. The molecule has 1 saturated carbocycles. The van der Waals surface area contributed by atoms with E-state index in [0.717, 1.165) is 24.1 Å². The van der Waals surface area contributed by atoms with Gasteiger partial charge in [-0.1, -0.05) is 6.07 Å². The first-order valence-electron chi connectivity index (χ1n) is 14.4. The number of aliphatic carboxylic acids is 1. The molecule has 1 saturated heterocycles. The molecule has 3 amide bonds. The van der Waals surface area contributed by atoms with Crippen LogP contribution in [0.3, 0.4) is 0 Å². The minimum atomic E-state index is -0.727. The zero-order chi connectivity index (χ0) is 29.9. The summed E-state index contributed by atoms with van der Waals surface area (Å²) in [6, 6.07) is 6.92. The molecule has 3 N–H and O–H groups in total. The van der Waals surface area contributed by atoms with Crippen LogP contribution < -0.4 is 10.6 Å². The number of hydrogen-bond donors (Lipinski definition) is 3. The van der Waals surface area contributed by atoms with Crippen molar-refractivity contribution in [3.05, 3.63) is 59.7 Å². The number of nitrogens with zero attached hydrogens (tertiary/aromatic N) is 3. The monoisotopic (exact) mass is 581 g/mol. The van der Waals surface area contributed by atoms with Crippen molar-refractivity contribution in [3.8, 4) is 0 Å². The van der Waals surface area contributed by atoms with Crippen LogP contribution in [0.4, 0.5) is 0 Å². The van der Waals surface area contributed by atoms with Crippen LogP contribution in [0.15, 0.2) is 42.9 Å². The number of carbonyl (C=O) groups is 4. The number of ether oxygens (including phenoxy) is 2. The van der Waals surface area contributed by atoms with E-state index in [1.807, 2.05) is 12.1 Å². The molecule has 12 heteroatoms. The Balaban J connectivity index is 1.04. The molecule has 12 nitrogen and oxygen atoms in total. The maximum atomic E-state index is 12.8. The summed E-state index contributed by atoms with van der Waals surface area (Å²) >= 11 is 0. The smallest absolute Gasteiger partial charge is 0.306 e. The average molecular weight is 582 g/mol. The Kier molecular flexibility index (Phi) is 11.4. The average Bonchev–Trinajstić information content (AvgIpc) is 3.32. The Bertz CT molecular complexity index is 1200. The third kappa shape index (κ3) is 8.32. The fourth-order valence-corrected chi connectivity index (χ4v) is 5.57. The number of carboxylic acids is 1. The normalized spacial score (nSPS) is 22.1. The molecule has 2 aliphatic rings. The number of rotatable bonds is 14. The van der Waals surface area contributed by atoms with E-state index in [9.17, 15) is 19.2 Å². The highest BCUT2D eigenvalue weighted by atomic mass is 16.5. The number of aromatic nitrogens is 2. The SMILES string of the molecule is CN1C(=O)C[C@H](C(=O)NCCOCCOCCNC(=O)c2ccc(C3CCC(C(=O)O)CC3)nc2)C1c1cccnc1. The lowest BCUT2D eigenvalue weighted by Crippen LogP contribution is -2.36. The van der Waals surface area contributed by atoms with Crippen molar-refractivity contribution in [1.82, 2.24) is 25.5 Å². The van der Waals surface area contributed by atoms with Gasteiger partial charge in [-0.05, 0) is 49.4 Å². The van der Waals surface area contributed by atoms with Crippen molar-refractivity contribution in [2.24, 2.45) is 11.8 Å². The number of carbonyl (C=O) groups excluding carboxylic acids is 3. The maximum Gasteiger partial charge on any atom is 0.306 e. The Labute approximate surface area is 245 Å². The third-order valence-corrected chi connectivity index (χ3v) is 7.94. The Morgan fingerprint density at radius 2 is 1.69 bits per heavy atom. The fraction of sp³-hybridized carbons (Fsp3) is 0.533. The van der Waals surface area contributed by atoms with E-state index in [2.05, 4.69) is 20.6 Å². The predicted octanol–water partition coefficient (Wildman–Crippen LogP) is 1.93. The van der Waals surface area contributed by atoms with Crippen molar-refractivity contribution < 1.29 is 33.8 Å². The molecular formula is C30H39N5O7. The third-order valence-electron chi connectivity index (χ3n) is 7.94. The van der Waals surface area contributed by atoms with Crippen LogP contribution >= 0.6 is 0 Å². The molecule has 3 heterocycles. The molecule has 0 aromatic carbocycles. The van der Waals surface area contributed by atoms with E-state index >= 15 is 0 Å². The minimum absolute atomic E-state index is 0.0727. The lowest BCUT2D eigenvalue weighted by atomic mass is 9.80. The van der Waals surface area contributed by atoms with E-state index in [1.54, 1.807) is 42.7 Å². The highest BCUT2D eigenvalue weighted by molar-refractivity contribution is 5.93. The maximum absolute atomic E-state index is 12.8. The van der Waals surface area contributed by atoms with E-state index < -0.39 is 11.9 Å². The quantitative estimate of drug-likeness (QED) is 0.283. The molecule has 2 fully saturated rings. The summed E-state index contributed by atoms with van der Waals surface area (Å²) < 4.78 is 11.0. The van der Waals surface area contributed by atoms with Crippen LogP contribution in [-0.4, -0.2) is 90.2 Å². The lowest BCUT2D eigenvalue weighted by molar-refractivity contribution is -0.142. The van der Waals surface area contributed by atoms with E-state index in [-0.39, 0.29) is 42.0 Å².